The summed E-state index contributed by atoms with van der Waals surface area (Å²) in [5.74, 6) is 4.97. The van der Waals surface area contributed by atoms with Crippen LogP contribution in [-0.4, -0.2) is 35.2 Å². The zero-order valence-corrected chi connectivity index (χ0v) is 32.8. The first-order chi connectivity index (χ1) is 21.7. The van der Waals surface area contributed by atoms with Gasteiger partial charge in [0.2, 0.25) is 0 Å². The van der Waals surface area contributed by atoms with Gasteiger partial charge >= 0.3 is 0 Å². The number of hydrogen-bond acceptors (Lipinski definition) is 2. The number of fused-ring (bicyclic) bond motifs is 6. The molecule has 8 heteroatoms. The van der Waals surface area contributed by atoms with Gasteiger partial charge in [-0.1, -0.05) is 92.0 Å². The van der Waals surface area contributed by atoms with Crippen LogP contribution in [-0.2, 0) is 51.4 Å². The molecule has 2 aliphatic rings. The van der Waals surface area contributed by atoms with Crippen molar-refractivity contribution in [2.75, 3.05) is 0 Å². The molecule has 0 amide bonds. The van der Waals surface area contributed by atoms with Crippen molar-refractivity contribution in [3.05, 3.63) is 146 Å². The van der Waals surface area contributed by atoms with Gasteiger partial charge in [0, 0.05) is 57.4 Å². The van der Waals surface area contributed by atoms with E-state index in [0.29, 0.717) is 6.67 Å². The number of aromatic nitrogens is 4. The third-order valence-corrected chi connectivity index (χ3v) is 15.9. The van der Waals surface area contributed by atoms with E-state index in [-0.39, 0.29) is 44.8 Å². The molecule has 0 aliphatic carbocycles. The van der Waals surface area contributed by atoms with Crippen LogP contribution in [0.15, 0.2) is 110 Å². The fourth-order valence-corrected chi connectivity index (χ4v) is 12.6. The van der Waals surface area contributed by atoms with Crippen molar-refractivity contribution in [2.45, 2.75) is 32.9 Å². The van der Waals surface area contributed by atoms with Crippen molar-refractivity contribution in [1.82, 2.24) is 19.1 Å². The Morgan fingerprint density at radius 2 is 1.02 bits per heavy atom. The molecule has 0 saturated carbocycles. The summed E-state index contributed by atoms with van der Waals surface area (Å²) < 4.78 is 3.64. The Morgan fingerprint density at radius 3 is 1.55 bits per heavy atom. The summed E-state index contributed by atoms with van der Waals surface area (Å²) in [6.45, 7) is 10.2. The Morgan fingerprint density at radius 1 is 0.574 bits per heavy atom. The number of nitrogens with zero attached hydrogens (tertiary/aromatic N) is 4. The minimum Gasteiger partial charge on any atom is -0.439 e. The van der Waals surface area contributed by atoms with Crippen LogP contribution in [0, 0.1) is 37.3 Å². The standard InChI is InChI=1S/2C16H13Si.C7H6N4.2Au/c1-4-12-9-10-16-14(11-12)13-7-5-6-8-15(13)17(16,2)3;1-4-12-9-10-14-13-7-5-6-8-15(13)17(2,3)16(14)11-12;1-3-10(5-8-1)7-11-4-2-9-6-11;;/h2*5-11H,2-3H3;1-4H,7H2;;/q2*-1;-2;;. The Labute approximate surface area is 311 Å². The second kappa shape index (κ2) is 15.0. The van der Waals surface area contributed by atoms with E-state index in [1.165, 1.54) is 43.0 Å². The van der Waals surface area contributed by atoms with Crippen LogP contribution in [0.4, 0.5) is 0 Å². The van der Waals surface area contributed by atoms with Gasteiger partial charge in [-0.3, -0.25) is 11.8 Å². The predicted molar refractivity (Wildman–Crippen MR) is 187 cm³/mol. The second-order valence-corrected chi connectivity index (χ2v) is 20.9. The maximum atomic E-state index is 7.26. The molecule has 2 aliphatic heterocycles. The molecule has 47 heavy (non-hydrogen) atoms. The summed E-state index contributed by atoms with van der Waals surface area (Å²) in [6, 6.07) is 30.0. The van der Waals surface area contributed by atoms with Crippen LogP contribution >= 0.6 is 0 Å². The predicted octanol–water partition coefficient (Wildman–Crippen LogP) is 5.04. The molecular formula is C39H32Au2N4Si2-4. The smallest absolute Gasteiger partial charge is 0.113 e. The van der Waals surface area contributed by atoms with Crippen LogP contribution < -0.4 is 20.7 Å². The molecule has 0 unspecified atom stereocenters. The SMILES string of the molecule is [Au].[Au].[C-]#Cc1ccc2c(c1)-c1ccccc1[Si]2(C)C.[C-]#Cc1ccc2c(c1)[Si](C)(C)c1ccccc1-2.[c-]1nccn1Cn1[c-]ncc1. The van der Waals surface area contributed by atoms with Crippen molar-refractivity contribution < 1.29 is 44.8 Å². The molecule has 2 aromatic heterocycles. The largest absolute Gasteiger partial charge is 0.439 e. The van der Waals surface area contributed by atoms with E-state index < -0.39 is 16.1 Å². The Hall–Kier alpha value is -3.67. The molecule has 0 atom stereocenters. The third-order valence-electron chi connectivity index (χ3n) is 8.78. The zero-order chi connectivity index (χ0) is 31.6. The van der Waals surface area contributed by atoms with Gasteiger partial charge in [0.1, 0.15) is 16.1 Å². The van der Waals surface area contributed by atoms with E-state index in [1.807, 2.05) is 33.7 Å². The van der Waals surface area contributed by atoms with Crippen LogP contribution in [0.2, 0.25) is 26.2 Å². The molecule has 4 aromatic carbocycles. The van der Waals surface area contributed by atoms with Crippen LogP contribution in [0.25, 0.3) is 22.3 Å². The number of hydrogen-bond donors (Lipinski definition) is 0. The molecule has 242 valence electrons. The van der Waals surface area contributed by atoms with Gasteiger partial charge in [-0.15, -0.1) is 60.2 Å². The Kier molecular flexibility index (Phi) is 11.6. The van der Waals surface area contributed by atoms with Crippen molar-refractivity contribution in [1.29, 1.82) is 0 Å². The topological polar surface area (TPSA) is 35.6 Å². The van der Waals surface area contributed by atoms with Crippen molar-refractivity contribution in [3.8, 4) is 34.1 Å². The summed E-state index contributed by atoms with van der Waals surface area (Å²) >= 11 is 0. The zero-order valence-electron chi connectivity index (χ0n) is 26.5. The molecule has 4 heterocycles. The normalized spacial score (nSPS) is 13.1. The maximum absolute atomic E-state index is 7.26. The van der Waals surface area contributed by atoms with E-state index in [9.17, 15) is 0 Å². The summed E-state index contributed by atoms with van der Waals surface area (Å²) in [7, 11) is -3.06. The van der Waals surface area contributed by atoms with Gasteiger partial charge in [0.25, 0.3) is 0 Å². The van der Waals surface area contributed by atoms with Gasteiger partial charge in [-0.05, 0) is 37.8 Å². The first-order valence-electron chi connectivity index (χ1n) is 14.9. The molecule has 4 nitrogen and oxygen atoms in total. The minimum atomic E-state index is -1.55. The number of rotatable bonds is 2. The van der Waals surface area contributed by atoms with E-state index in [1.54, 1.807) is 12.4 Å². The maximum Gasteiger partial charge on any atom is 0.113 e. The number of imidazole rings is 2. The monoisotopic (exact) mass is 1010 g/mol. The van der Waals surface area contributed by atoms with Crippen LogP contribution in [0.5, 0.6) is 0 Å². The van der Waals surface area contributed by atoms with Gasteiger partial charge in [0.15, 0.2) is 0 Å². The molecule has 0 N–H and O–H groups in total. The Balaban J connectivity index is 0.000000160. The van der Waals surface area contributed by atoms with Crippen molar-refractivity contribution >= 4 is 36.9 Å². The van der Waals surface area contributed by atoms with Gasteiger partial charge in [0.05, 0.1) is 6.67 Å². The first kappa shape index (κ1) is 36.2. The fourth-order valence-electron chi connectivity index (χ4n) is 6.41. The summed E-state index contributed by atoms with van der Waals surface area (Å²) in [4.78, 5) is 7.59. The average Bonchev–Trinajstić information content (AvgIpc) is 3.86. The van der Waals surface area contributed by atoms with Crippen LogP contribution in [0.1, 0.15) is 11.1 Å². The minimum absolute atomic E-state index is 0. The summed E-state index contributed by atoms with van der Waals surface area (Å²) in [6.07, 6.45) is 27.1. The van der Waals surface area contributed by atoms with Gasteiger partial charge in [-0.2, -0.15) is 0 Å². The molecule has 0 bridgehead atoms. The van der Waals surface area contributed by atoms with E-state index in [4.69, 9.17) is 12.8 Å². The average molecular weight is 1010 g/mol. The van der Waals surface area contributed by atoms with E-state index in [2.05, 4.69) is 133 Å². The van der Waals surface area contributed by atoms with Crippen LogP contribution in [0.3, 0.4) is 0 Å². The van der Waals surface area contributed by atoms with Gasteiger partial charge < -0.3 is 31.9 Å². The van der Waals surface area contributed by atoms with Crippen molar-refractivity contribution in [3.63, 3.8) is 0 Å². The Bertz CT molecular complexity index is 2040. The summed E-state index contributed by atoms with van der Waals surface area (Å²) in [5, 5.41) is 5.95. The van der Waals surface area contributed by atoms with Crippen molar-refractivity contribution in [2.24, 2.45) is 0 Å². The molecule has 0 saturated heterocycles. The molecule has 0 spiro atoms. The first-order valence-corrected chi connectivity index (χ1v) is 20.9. The third kappa shape index (κ3) is 7.12. The molecule has 8 rings (SSSR count). The molecule has 0 fully saturated rings. The number of benzene rings is 4. The van der Waals surface area contributed by atoms with E-state index in [0.717, 1.165) is 11.1 Å². The van der Waals surface area contributed by atoms with E-state index >= 15 is 0 Å². The van der Waals surface area contributed by atoms with Gasteiger partial charge in [-0.25, -0.2) is 0 Å². The quantitative estimate of drug-likeness (QED) is 0.139. The summed E-state index contributed by atoms with van der Waals surface area (Å²) in [5.41, 5.74) is 7.17. The second-order valence-electron chi connectivity index (χ2n) is 12.2. The molecule has 6 aromatic rings. The molecule has 2 radical (unpaired) electrons. The molecular weight excluding hydrogens is 975 g/mol. The fraction of sp³-hybridized carbons (Fsp3) is 0.128.